The van der Waals surface area contributed by atoms with Gasteiger partial charge in [0.15, 0.2) is 0 Å². The maximum atomic E-state index is 12.6. The van der Waals surface area contributed by atoms with Crippen LogP contribution in [0.4, 0.5) is 0 Å². The number of piperazine rings is 1. The van der Waals surface area contributed by atoms with Gasteiger partial charge in [-0.05, 0) is 52.1 Å². The third-order valence-corrected chi connectivity index (χ3v) is 5.80. The number of rotatable bonds is 8. The highest BCUT2D eigenvalue weighted by atomic mass is 16.4. The number of carboxylic acids is 1. The molecule has 1 heterocycles. The molecule has 4 rings (SSSR count). The second-order valence-corrected chi connectivity index (χ2v) is 8.38. The number of amides is 1. The van der Waals surface area contributed by atoms with Gasteiger partial charge in [0.1, 0.15) is 0 Å². The predicted octanol–water partition coefficient (Wildman–Crippen LogP) is 3.32. The molecule has 0 spiro atoms. The number of nitrogens with one attached hydrogen (secondary N) is 2. The number of hydrogen-bond acceptors (Lipinski definition) is 4. The van der Waals surface area contributed by atoms with Gasteiger partial charge in [0.25, 0.3) is 5.91 Å². The summed E-state index contributed by atoms with van der Waals surface area (Å²) in [6.45, 7) is 5.56. The first-order valence-corrected chi connectivity index (χ1v) is 11.3. The Labute approximate surface area is 194 Å². The molecule has 1 amide bonds. The van der Waals surface area contributed by atoms with Crippen LogP contribution in [0.25, 0.3) is 11.1 Å². The van der Waals surface area contributed by atoms with E-state index in [1.54, 1.807) is 24.3 Å². The van der Waals surface area contributed by atoms with Crippen LogP contribution >= 0.6 is 0 Å². The monoisotopic (exact) mass is 443 g/mol. The molecule has 0 aromatic heterocycles. The molecule has 33 heavy (non-hydrogen) atoms. The summed E-state index contributed by atoms with van der Waals surface area (Å²) in [4.78, 5) is 26.0. The number of carboxylic acid groups (broad SMARTS) is 1. The summed E-state index contributed by atoms with van der Waals surface area (Å²) in [5.41, 5.74) is 5.66. The fraction of sp³-hybridized carbons (Fsp3) is 0.259. The number of hydrogen-bond donors (Lipinski definition) is 3. The second-order valence-electron chi connectivity index (χ2n) is 8.38. The Morgan fingerprint density at radius 1 is 0.848 bits per heavy atom. The molecule has 1 aliphatic rings. The second kappa shape index (κ2) is 10.9. The highest BCUT2D eigenvalue weighted by molar-refractivity contribution is 5.94. The van der Waals surface area contributed by atoms with Gasteiger partial charge in [0, 0.05) is 44.8 Å². The minimum Gasteiger partial charge on any atom is -0.481 e. The molecule has 170 valence electrons. The lowest BCUT2D eigenvalue weighted by molar-refractivity contribution is -0.136. The van der Waals surface area contributed by atoms with Gasteiger partial charge in [-0.1, -0.05) is 48.5 Å². The quantitative estimate of drug-likeness (QED) is 0.498. The van der Waals surface area contributed by atoms with Crippen molar-refractivity contribution in [3.8, 4) is 11.1 Å². The lowest BCUT2D eigenvalue weighted by Gasteiger charge is -2.27. The van der Waals surface area contributed by atoms with Crippen molar-refractivity contribution in [2.24, 2.45) is 0 Å². The summed E-state index contributed by atoms with van der Waals surface area (Å²) < 4.78 is 0. The third kappa shape index (κ3) is 6.51. The van der Waals surface area contributed by atoms with E-state index in [0.717, 1.165) is 49.4 Å². The first-order chi connectivity index (χ1) is 16.1. The average Bonchev–Trinajstić information content (AvgIpc) is 2.83. The summed E-state index contributed by atoms with van der Waals surface area (Å²) >= 11 is 0. The van der Waals surface area contributed by atoms with Gasteiger partial charge in [-0.15, -0.1) is 0 Å². The van der Waals surface area contributed by atoms with E-state index in [2.05, 4.69) is 51.9 Å². The van der Waals surface area contributed by atoms with Crippen LogP contribution in [-0.2, 0) is 24.3 Å². The van der Waals surface area contributed by atoms with E-state index in [-0.39, 0.29) is 12.3 Å². The predicted molar refractivity (Wildman–Crippen MR) is 129 cm³/mol. The maximum Gasteiger partial charge on any atom is 0.307 e. The molecule has 6 heteroatoms. The number of carbonyl (C=O) groups is 2. The molecule has 0 radical (unpaired) electrons. The first-order valence-electron chi connectivity index (χ1n) is 11.3. The van der Waals surface area contributed by atoms with Gasteiger partial charge in [-0.25, -0.2) is 0 Å². The summed E-state index contributed by atoms with van der Waals surface area (Å²) in [6.07, 6.45) is -0.100. The van der Waals surface area contributed by atoms with Gasteiger partial charge in [0.2, 0.25) is 0 Å². The Morgan fingerprint density at radius 2 is 1.48 bits per heavy atom. The Hall–Kier alpha value is -3.48. The van der Waals surface area contributed by atoms with Gasteiger partial charge in [-0.2, -0.15) is 0 Å². The average molecular weight is 444 g/mol. The summed E-state index contributed by atoms with van der Waals surface area (Å²) in [5.74, 6) is -1.13. The van der Waals surface area contributed by atoms with Gasteiger partial charge in [-0.3, -0.25) is 14.5 Å². The summed E-state index contributed by atoms with van der Waals surface area (Å²) in [6, 6.07) is 23.6. The molecule has 0 atom stereocenters. The fourth-order valence-corrected chi connectivity index (χ4v) is 4.12. The molecule has 6 nitrogen and oxygen atoms in total. The fourth-order valence-electron chi connectivity index (χ4n) is 4.12. The molecular weight excluding hydrogens is 414 g/mol. The molecule has 0 saturated carbocycles. The van der Waals surface area contributed by atoms with Crippen LogP contribution in [0.1, 0.15) is 27.0 Å². The van der Waals surface area contributed by atoms with Crippen molar-refractivity contribution in [2.75, 3.05) is 26.2 Å². The van der Waals surface area contributed by atoms with Gasteiger partial charge in [0.05, 0.1) is 6.42 Å². The SMILES string of the molecule is O=C(O)Cc1cccc(C(=O)NCc2cccc(-c3cccc(CN4CCNCC4)c3)c2)c1. The topological polar surface area (TPSA) is 81.7 Å². The maximum absolute atomic E-state index is 12.6. The number of carbonyl (C=O) groups excluding carboxylic acids is 1. The minimum absolute atomic E-state index is 0.100. The van der Waals surface area contributed by atoms with Crippen LogP contribution in [0, 0.1) is 0 Å². The Balaban J connectivity index is 1.40. The minimum atomic E-state index is -0.915. The zero-order chi connectivity index (χ0) is 23.0. The number of aliphatic carboxylic acids is 1. The van der Waals surface area contributed by atoms with E-state index in [0.29, 0.717) is 17.7 Å². The van der Waals surface area contributed by atoms with Crippen LogP contribution in [0.2, 0.25) is 0 Å². The van der Waals surface area contributed by atoms with Crippen LogP contribution in [-0.4, -0.2) is 48.1 Å². The van der Waals surface area contributed by atoms with Crippen LogP contribution in [0.15, 0.2) is 72.8 Å². The van der Waals surface area contributed by atoms with Crippen LogP contribution in [0.3, 0.4) is 0 Å². The van der Waals surface area contributed by atoms with E-state index >= 15 is 0 Å². The highest BCUT2D eigenvalue weighted by Gasteiger charge is 2.11. The molecular formula is C27H29N3O3. The van der Waals surface area contributed by atoms with E-state index in [9.17, 15) is 9.59 Å². The van der Waals surface area contributed by atoms with E-state index in [4.69, 9.17) is 5.11 Å². The molecule has 1 fully saturated rings. The molecule has 0 bridgehead atoms. The van der Waals surface area contributed by atoms with Crippen molar-refractivity contribution >= 4 is 11.9 Å². The van der Waals surface area contributed by atoms with Crippen LogP contribution in [0.5, 0.6) is 0 Å². The Bertz CT molecular complexity index is 1120. The van der Waals surface area contributed by atoms with Gasteiger partial charge < -0.3 is 15.7 Å². The zero-order valence-electron chi connectivity index (χ0n) is 18.6. The van der Waals surface area contributed by atoms with E-state index in [1.165, 1.54) is 5.56 Å². The first kappa shape index (κ1) is 22.7. The number of nitrogens with zero attached hydrogens (tertiary/aromatic N) is 1. The van der Waals surface area contributed by atoms with Crippen molar-refractivity contribution < 1.29 is 14.7 Å². The zero-order valence-corrected chi connectivity index (χ0v) is 18.6. The normalized spacial score (nSPS) is 14.1. The summed E-state index contributed by atoms with van der Waals surface area (Å²) in [7, 11) is 0. The molecule has 0 aliphatic carbocycles. The molecule has 1 aliphatic heterocycles. The van der Waals surface area contributed by atoms with E-state index in [1.807, 2.05) is 12.1 Å². The van der Waals surface area contributed by atoms with Crippen molar-refractivity contribution in [3.63, 3.8) is 0 Å². The van der Waals surface area contributed by atoms with Crippen molar-refractivity contribution in [2.45, 2.75) is 19.5 Å². The van der Waals surface area contributed by atoms with Crippen molar-refractivity contribution in [3.05, 3.63) is 95.1 Å². The molecule has 3 aromatic rings. The van der Waals surface area contributed by atoms with Gasteiger partial charge >= 0.3 is 5.97 Å². The largest absolute Gasteiger partial charge is 0.481 e. The van der Waals surface area contributed by atoms with Crippen molar-refractivity contribution in [1.82, 2.24) is 15.5 Å². The molecule has 1 saturated heterocycles. The smallest absolute Gasteiger partial charge is 0.307 e. The summed E-state index contributed by atoms with van der Waals surface area (Å²) in [5, 5.41) is 15.3. The van der Waals surface area contributed by atoms with E-state index < -0.39 is 5.97 Å². The lowest BCUT2D eigenvalue weighted by Crippen LogP contribution is -2.42. The standard InChI is InChI=1S/C27H29N3O3/c31-26(32)17-20-4-1-9-25(14-20)27(33)29-18-21-5-2-7-23(15-21)24-8-3-6-22(16-24)19-30-12-10-28-11-13-30/h1-9,14-16,28H,10-13,17-19H2,(H,29,33)(H,31,32). The Kier molecular flexibility index (Phi) is 7.50. The lowest BCUT2D eigenvalue weighted by atomic mass is 10.0. The molecule has 3 aromatic carbocycles. The van der Waals surface area contributed by atoms with Crippen molar-refractivity contribution in [1.29, 1.82) is 0 Å². The Morgan fingerprint density at radius 3 is 2.21 bits per heavy atom. The molecule has 3 N–H and O–H groups in total. The number of benzene rings is 3. The third-order valence-electron chi connectivity index (χ3n) is 5.80. The highest BCUT2D eigenvalue weighted by Crippen LogP contribution is 2.22. The van der Waals surface area contributed by atoms with Crippen LogP contribution < -0.4 is 10.6 Å². The molecule has 0 unspecified atom stereocenters.